The number of fused-ring (bicyclic) bond motifs is 1. The van der Waals surface area contributed by atoms with E-state index in [1.807, 2.05) is 12.1 Å². The average Bonchev–Trinajstić information content (AvgIpc) is 2.71. The summed E-state index contributed by atoms with van der Waals surface area (Å²) in [6.45, 7) is 7.29. The van der Waals surface area contributed by atoms with Crippen molar-refractivity contribution in [2.75, 3.05) is 17.2 Å². The van der Waals surface area contributed by atoms with Crippen molar-refractivity contribution >= 4 is 22.4 Å². The number of nitrogens with zero attached hydrogens (tertiary/aromatic N) is 3. The first-order chi connectivity index (χ1) is 7.65. The van der Waals surface area contributed by atoms with Gasteiger partial charge in [0.05, 0.1) is 11.4 Å². The fraction of sp³-hybridized carbons (Fsp3) is 0.455. The minimum Gasteiger partial charge on any atom is -0.397 e. The summed E-state index contributed by atoms with van der Waals surface area (Å²) in [5.41, 5.74) is 8.79. The van der Waals surface area contributed by atoms with Gasteiger partial charge in [-0.05, 0) is 43.2 Å². The Bertz CT molecular complexity index is 492. The van der Waals surface area contributed by atoms with Crippen molar-refractivity contribution < 1.29 is 4.63 Å². The zero-order chi connectivity index (χ0) is 11.7. The van der Waals surface area contributed by atoms with Crippen molar-refractivity contribution in [3.8, 4) is 0 Å². The van der Waals surface area contributed by atoms with Crippen molar-refractivity contribution in [1.29, 1.82) is 0 Å². The van der Waals surface area contributed by atoms with E-state index in [9.17, 15) is 0 Å². The largest absolute Gasteiger partial charge is 0.397 e. The number of nitrogens with two attached hydrogens (primary N) is 1. The van der Waals surface area contributed by atoms with Crippen LogP contribution in [0.4, 0.5) is 11.4 Å². The maximum absolute atomic E-state index is 5.81. The predicted molar refractivity (Wildman–Crippen MR) is 64.4 cm³/mol. The molecule has 2 rings (SSSR count). The number of hydrogen-bond acceptors (Lipinski definition) is 5. The molecule has 0 saturated carbocycles. The second-order valence-electron chi connectivity index (χ2n) is 4.02. The van der Waals surface area contributed by atoms with Gasteiger partial charge in [-0.25, -0.2) is 4.63 Å². The molecule has 86 valence electrons. The summed E-state index contributed by atoms with van der Waals surface area (Å²) in [5.74, 6) is 0. The normalized spacial score (nSPS) is 11.2. The van der Waals surface area contributed by atoms with Gasteiger partial charge in [-0.2, -0.15) is 0 Å². The molecule has 0 radical (unpaired) electrons. The predicted octanol–water partition coefficient (Wildman–Crippen LogP) is 2.04. The molecule has 0 unspecified atom stereocenters. The molecule has 1 aromatic heterocycles. The van der Waals surface area contributed by atoms with Crippen molar-refractivity contribution in [2.24, 2.45) is 0 Å². The van der Waals surface area contributed by atoms with Crippen molar-refractivity contribution in [3.05, 3.63) is 12.1 Å². The molecular formula is C11H16N4O. The third-order valence-corrected chi connectivity index (χ3v) is 2.70. The fourth-order valence-corrected chi connectivity index (χ4v) is 1.92. The highest BCUT2D eigenvalue weighted by Gasteiger charge is 2.16. The topological polar surface area (TPSA) is 68.2 Å². The van der Waals surface area contributed by atoms with Crippen LogP contribution in [0.3, 0.4) is 0 Å². The number of anilines is 2. The SMILES string of the molecule is CCN(c1ccc(N)c2nonc12)C(C)C. The van der Waals surface area contributed by atoms with Crippen LogP contribution in [0.15, 0.2) is 16.8 Å². The molecule has 2 aromatic rings. The molecule has 1 aromatic carbocycles. The van der Waals surface area contributed by atoms with E-state index >= 15 is 0 Å². The van der Waals surface area contributed by atoms with E-state index in [0.717, 1.165) is 17.7 Å². The van der Waals surface area contributed by atoms with Gasteiger partial charge in [-0.3, -0.25) is 0 Å². The first-order valence-corrected chi connectivity index (χ1v) is 5.42. The molecule has 0 bridgehead atoms. The lowest BCUT2D eigenvalue weighted by atomic mass is 10.2. The third kappa shape index (κ3) is 1.58. The van der Waals surface area contributed by atoms with Gasteiger partial charge in [-0.15, -0.1) is 0 Å². The van der Waals surface area contributed by atoms with Crippen molar-refractivity contribution in [1.82, 2.24) is 10.3 Å². The van der Waals surface area contributed by atoms with Gasteiger partial charge >= 0.3 is 0 Å². The Balaban J connectivity index is 2.60. The first-order valence-electron chi connectivity index (χ1n) is 5.42. The summed E-state index contributed by atoms with van der Waals surface area (Å²) in [7, 11) is 0. The summed E-state index contributed by atoms with van der Waals surface area (Å²) in [6.07, 6.45) is 0. The molecule has 0 spiro atoms. The van der Waals surface area contributed by atoms with E-state index in [4.69, 9.17) is 10.4 Å². The van der Waals surface area contributed by atoms with Crippen LogP contribution >= 0.6 is 0 Å². The van der Waals surface area contributed by atoms with E-state index < -0.39 is 0 Å². The highest BCUT2D eigenvalue weighted by Crippen LogP contribution is 2.29. The van der Waals surface area contributed by atoms with Gasteiger partial charge in [0.15, 0.2) is 11.0 Å². The molecular weight excluding hydrogens is 204 g/mol. The number of nitrogen functional groups attached to an aromatic ring is 1. The number of rotatable bonds is 3. The Labute approximate surface area is 94.2 Å². The fourth-order valence-electron chi connectivity index (χ4n) is 1.92. The molecule has 0 aliphatic heterocycles. The van der Waals surface area contributed by atoms with Crippen LogP contribution in [0.5, 0.6) is 0 Å². The zero-order valence-corrected chi connectivity index (χ0v) is 9.77. The molecule has 0 aliphatic rings. The van der Waals surface area contributed by atoms with Crippen LogP contribution in [0, 0.1) is 0 Å². The summed E-state index contributed by atoms with van der Waals surface area (Å²) in [6, 6.07) is 4.20. The maximum Gasteiger partial charge on any atom is 0.160 e. The molecule has 0 atom stereocenters. The molecule has 0 aliphatic carbocycles. The van der Waals surface area contributed by atoms with Gasteiger partial charge in [0.25, 0.3) is 0 Å². The van der Waals surface area contributed by atoms with Gasteiger partial charge in [0, 0.05) is 12.6 Å². The number of hydrogen-bond donors (Lipinski definition) is 1. The van der Waals surface area contributed by atoms with Crippen molar-refractivity contribution in [3.63, 3.8) is 0 Å². The summed E-state index contributed by atoms with van der Waals surface area (Å²) >= 11 is 0. The van der Waals surface area contributed by atoms with E-state index in [0.29, 0.717) is 17.2 Å². The van der Waals surface area contributed by atoms with Crippen LogP contribution in [-0.2, 0) is 0 Å². The monoisotopic (exact) mass is 220 g/mol. The number of aromatic nitrogens is 2. The molecule has 5 heteroatoms. The lowest BCUT2D eigenvalue weighted by Gasteiger charge is -2.27. The minimum atomic E-state index is 0.397. The van der Waals surface area contributed by atoms with Crippen LogP contribution < -0.4 is 10.6 Å². The Hall–Kier alpha value is -1.78. The number of benzene rings is 1. The molecule has 0 saturated heterocycles. The lowest BCUT2D eigenvalue weighted by Crippen LogP contribution is -2.30. The minimum absolute atomic E-state index is 0.397. The van der Waals surface area contributed by atoms with E-state index in [1.165, 1.54) is 0 Å². The summed E-state index contributed by atoms with van der Waals surface area (Å²) in [5, 5.41) is 7.74. The van der Waals surface area contributed by atoms with Gasteiger partial charge in [0.2, 0.25) is 0 Å². The standard InChI is InChI=1S/C11H16N4O/c1-4-15(7(2)3)9-6-5-8(12)10-11(9)14-16-13-10/h5-7H,4,12H2,1-3H3. The van der Waals surface area contributed by atoms with Crippen LogP contribution in [0.2, 0.25) is 0 Å². The van der Waals surface area contributed by atoms with Gasteiger partial charge in [-0.1, -0.05) is 0 Å². The van der Waals surface area contributed by atoms with E-state index in [2.05, 4.69) is 36.0 Å². The highest BCUT2D eigenvalue weighted by atomic mass is 16.6. The molecule has 2 N–H and O–H groups in total. The summed E-state index contributed by atoms with van der Waals surface area (Å²) < 4.78 is 4.75. The van der Waals surface area contributed by atoms with E-state index in [-0.39, 0.29) is 0 Å². The van der Waals surface area contributed by atoms with Crippen LogP contribution in [0.1, 0.15) is 20.8 Å². The highest BCUT2D eigenvalue weighted by molar-refractivity contribution is 5.95. The average molecular weight is 220 g/mol. The Morgan fingerprint density at radius 1 is 1.31 bits per heavy atom. The Kier molecular flexibility index (Phi) is 2.68. The second kappa shape index (κ2) is 4.00. The lowest BCUT2D eigenvalue weighted by molar-refractivity contribution is 0.315. The maximum atomic E-state index is 5.81. The van der Waals surface area contributed by atoms with Gasteiger partial charge < -0.3 is 10.6 Å². The molecule has 1 heterocycles. The van der Waals surface area contributed by atoms with Crippen LogP contribution in [0.25, 0.3) is 11.0 Å². The third-order valence-electron chi connectivity index (χ3n) is 2.70. The molecule has 0 fully saturated rings. The van der Waals surface area contributed by atoms with Gasteiger partial charge in [0.1, 0.15) is 0 Å². The molecule has 16 heavy (non-hydrogen) atoms. The first kappa shape index (κ1) is 10.7. The molecule has 5 nitrogen and oxygen atoms in total. The molecule has 0 amide bonds. The quantitative estimate of drug-likeness (QED) is 0.802. The zero-order valence-electron chi connectivity index (χ0n) is 9.77. The van der Waals surface area contributed by atoms with Crippen LogP contribution in [-0.4, -0.2) is 22.9 Å². The summed E-state index contributed by atoms with van der Waals surface area (Å²) in [4.78, 5) is 2.23. The second-order valence-corrected chi connectivity index (χ2v) is 4.02. The Morgan fingerprint density at radius 2 is 2.00 bits per heavy atom. The van der Waals surface area contributed by atoms with E-state index in [1.54, 1.807) is 0 Å². The smallest absolute Gasteiger partial charge is 0.160 e. The van der Waals surface area contributed by atoms with Crippen molar-refractivity contribution in [2.45, 2.75) is 26.8 Å². The Morgan fingerprint density at radius 3 is 2.62 bits per heavy atom.